The van der Waals surface area contributed by atoms with Gasteiger partial charge in [0.1, 0.15) is 17.9 Å². The van der Waals surface area contributed by atoms with Crippen LogP contribution < -0.4 is 4.74 Å². The maximum atomic E-state index is 13.0. The fourth-order valence-corrected chi connectivity index (χ4v) is 2.04. The van der Waals surface area contributed by atoms with E-state index in [1.165, 1.54) is 12.1 Å². The minimum absolute atomic E-state index is 0.0102. The van der Waals surface area contributed by atoms with Crippen molar-refractivity contribution in [3.8, 4) is 16.9 Å². The Balaban J connectivity index is 2.52. The summed E-state index contributed by atoms with van der Waals surface area (Å²) in [6.07, 6.45) is -4.50. The van der Waals surface area contributed by atoms with E-state index in [0.717, 1.165) is 24.3 Å². The molecule has 0 aliphatic heterocycles. The van der Waals surface area contributed by atoms with Crippen molar-refractivity contribution in [3.63, 3.8) is 0 Å². The summed E-state index contributed by atoms with van der Waals surface area (Å²) in [5.41, 5.74) is 0.477. The average Bonchev–Trinajstić information content (AvgIpc) is 2.36. The first kappa shape index (κ1) is 15.3. The van der Waals surface area contributed by atoms with E-state index in [9.17, 15) is 22.4 Å². The molecular weight excluding hydrogens is 312 g/mol. The molecule has 0 N–H and O–H groups in total. The molecule has 0 radical (unpaired) electrons. The Kier molecular flexibility index (Phi) is 4.18. The van der Waals surface area contributed by atoms with Crippen LogP contribution in [0.2, 0.25) is 5.02 Å². The van der Waals surface area contributed by atoms with Crippen molar-refractivity contribution in [1.82, 2.24) is 0 Å². The molecule has 0 spiro atoms. The van der Waals surface area contributed by atoms with Gasteiger partial charge in [0.25, 0.3) is 0 Å². The molecule has 0 atom stereocenters. The van der Waals surface area contributed by atoms with E-state index in [1.807, 2.05) is 0 Å². The molecule has 0 aliphatic carbocycles. The molecule has 0 aromatic heterocycles. The zero-order valence-electron chi connectivity index (χ0n) is 10.2. The van der Waals surface area contributed by atoms with E-state index in [-0.39, 0.29) is 21.7 Å². The first-order valence-corrected chi connectivity index (χ1v) is 5.98. The molecule has 0 unspecified atom stereocenters. The van der Waals surface area contributed by atoms with Gasteiger partial charge in [0.15, 0.2) is 0 Å². The molecule has 0 aliphatic rings. The summed E-state index contributed by atoms with van der Waals surface area (Å²) >= 11 is 5.85. The minimum atomic E-state index is -4.88. The summed E-state index contributed by atoms with van der Waals surface area (Å²) in [4.78, 5) is 10.8. The lowest BCUT2D eigenvalue weighted by Crippen LogP contribution is -2.17. The molecule has 2 aromatic carbocycles. The third-order valence-corrected chi connectivity index (χ3v) is 2.85. The van der Waals surface area contributed by atoms with Crippen LogP contribution in [0.3, 0.4) is 0 Å². The smallest absolute Gasteiger partial charge is 0.406 e. The van der Waals surface area contributed by atoms with Gasteiger partial charge in [-0.3, -0.25) is 4.79 Å². The van der Waals surface area contributed by atoms with Gasteiger partial charge in [0, 0.05) is 11.1 Å². The molecule has 2 nitrogen and oxygen atoms in total. The Morgan fingerprint density at radius 3 is 2.38 bits per heavy atom. The van der Waals surface area contributed by atoms with Gasteiger partial charge in [0.2, 0.25) is 0 Å². The second-order valence-electron chi connectivity index (χ2n) is 4.08. The molecule has 0 amide bonds. The van der Waals surface area contributed by atoms with Crippen LogP contribution in [-0.2, 0) is 0 Å². The van der Waals surface area contributed by atoms with E-state index >= 15 is 0 Å². The van der Waals surface area contributed by atoms with E-state index in [1.54, 1.807) is 0 Å². The largest absolute Gasteiger partial charge is 0.573 e. The van der Waals surface area contributed by atoms with E-state index < -0.39 is 17.9 Å². The average molecular weight is 319 g/mol. The highest BCUT2D eigenvalue weighted by atomic mass is 35.5. The maximum absolute atomic E-state index is 13.0. The van der Waals surface area contributed by atoms with Gasteiger partial charge in [0.05, 0.1) is 5.02 Å². The third kappa shape index (κ3) is 3.95. The second kappa shape index (κ2) is 5.73. The minimum Gasteiger partial charge on any atom is -0.406 e. The summed E-state index contributed by atoms with van der Waals surface area (Å²) in [5.74, 6) is -1.13. The summed E-state index contributed by atoms with van der Waals surface area (Å²) in [6.45, 7) is 0. The van der Waals surface area contributed by atoms with Crippen molar-refractivity contribution < 1.29 is 27.1 Å². The van der Waals surface area contributed by atoms with Crippen molar-refractivity contribution in [3.05, 3.63) is 52.8 Å². The normalized spacial score (nSPS) is 11.3. The zero-order chi connectivity index (χ0) is 15.6. The molecular formula is C14H7ClF4O2. The topological polar surface area (TPSA) is 26.3 Å². The van der Waals surface area contributed by atoms with Crippen molar-refractivity contribution in [1.29, 1.82) is 0 Å². The van der Waals surface area contributed by atoms with Crippen LogP contribution in [0, 0.1) is 5.82 Å². The summed E-state index contributed by atoms with van der Waals surface area (Å²) in [6, 6.07) is 6.78. The van der Waals surface area contributed by atoms with Gasteiger partial charge in [-0.2, -0.15) is 0 Å². The van der Waals surface area contributed by atoms with E-state index in [0.29, 0.717) is 6.29 Å². The SMILES string of the molecule is O=Cc1cc(OC(F)(F)F)cc(-c2ccc(F)cc2Cl)c1. The Labute approximate surface area is 121 Å². The lowest BCUT2D eigenvalue weighted by molar-refractivity contribution is -0.274. The van der Waals surface area contributed by atoms with E-state index in [4.69, 9.17) is 11.6 Å². The Bertz CT molecular complexity index is 683. The lowest BCUT2D eigenvalue weighted by atomic mass is 10.0. The van der Waals surface area contributed by atoms with Crippen LogP contribution in [0.15, 0.2) is 36.4 Å². The van der Waals surface area contributed by atoms with Crippen LogP contribution in [0.5, 0.6) is 5.75 Å². The van der Waals surface area contributed by atoms with Gasteiger partial charge in [-0.05, 0) is 42.0 Å². The number of hydrogen-bond acceptors (Lipinski definition) is 2. The number of benzene rings is 2. The predicted octanol–water partition coefficient (Wildman–Crippen LogP) is 4.86. The molecule has 7 heteroatoms. The highest BCUT2D eigenvalue weighted by molar-refractivity contribution is 6.33. The van der Waals surface area contributed by atoms with Crippen LogP contribution >= 0.6 is 11.6 Å². The number of halogens is 5. The first-order chi connectivity index (χ1) is 9.78. The molecule has 2 aromatic rings. The summed E-state index contributed by atoms with van der Waals surface area (Å²) in [5, 5.41) is 0.0102. The molecule has 21 heavy (non-hydrogen) atoms. The highest BCUT2D eigenvalue weighted by Gasteiger charge is 2.31. The van der Waals surface area contributed by atoms with Gasteiger partial charge < -0.3 is 4.74 Å². The van der Waals surface area contributed by atoms with Gasteiger partial charge in [-0.1, -0.05) is 11.6 Å². The number of carbonyl (C=O) groups excluding carboxylic acids is 1. The van der Waals surface area contributed by atoms with E-state index in [2.05, 4.69) is 4.74 Å². The first-order valence-electron chi connectivity index (χ1n) is 5.60. The zero-order valence-corrected chi connectivity index (χ0v) is 11.0. The van der Waals surface area contributed by atoms with Crippen LogP contribution in [-0.4, -0.2) is 12.6 Å². The van der Waals surface area contributed by atoms with Crippen molar-refractivity contribution >= 4 is 17.9 Å². The fourth-order valence-electron chi connectivity index (χ4n) is 1.76. The standard InChI is InChI=1S/C14H7ClF4O2/c15-13-6-10(16)1-2-12(13)9-3-8(7-20)4-11(5-9)21-14(17,18)19/h1-7H. The maximum Gasteiger partial charge on any atom is 0.573 e. The lowest BCUT2D eigenvalue weighted by Gasteiger charge is -2.12. The predicted molar refractivity (Wildman–Crippen MR) is 68.9 cm³/mol. The highest BCUT2D eigenvalue weighted by Crippen LogP contribution is 2.33. The number of rotatable bonds is 3. The number of alkyl halides is 3. The monoisotopic (exact) mass is 318 g/mol. The van der Waals surface area contributed by atoms with Crippen LogP contribution in [0.4, 0.5) is 17.6 Å². The summed E-state index contributed by atoms with van der Waals surface area (Å²) < 4.78 is 53.6. The van der Waals surface area contributed by atoms with Crippen LogP contribution in [0.1, 0.15) is 10.4 Å². The molecule has 2 rings (SSSR count). The van der Waals surface area contributed by atoms with Crippen molar-refractivity contribution in [2.75, 3.05) is 0 Å². The fraction of sp³-hybridized carbons (Fsp3) is 0.0714. The third-order valence-electron chi connectivity index (χ3n) is 2.54. The molecule has 110 valence electrons. The van der Waals surface area contributed by atoms with Crippen molar-refractivity contribution in [2.24, 2.45) is 0 Å². The second-order valence-corrected chi connectivity index (χ2v) is 4.49. The van der Waals surface area contributed by atoms with Crippen LogP contribution in [0.25, 0.3) is 11.1 Å². The van der Waals surface area contributed by atoms with Crippen molar-refractivity contribution in [2.45, 2.75) is 6.36 Å². The molecule has 0 fully saturated rings. The molecule has 0 bridgehead atoms. The quantitative estimate of drug-likeness (QED) is 0.597. The number of ether oxygens (including phenoxy) is 1. The van der Waals surface area contributed by atoms with Gasteiger partial charge in [-0.15, -0.1) is 13.2 Å². The molecule has 0 saturated heterocycles. The molecule has 0 saturated carbocycles. The Morgan fingerprint density at radius 1 is 1.10 bits per heavy atom. The molecule has 0 heterocycles. The number of carbonyl (C=O) groups is 1. The number of aldehydes is 1. The Hall–Kier alpha value is -2.08. The van der Waals surface area contributed by atoms with Gasteiger partial charge >= 0.3 is 6.36 Å². The Morgan fingerprint density at radius 2 is 1.81 bits per heavy atom. The van der Waals surface area contributed by atoms with Gasteiger partial charge in [-0.25, -0.2) is 4.39 Å². The summed E-state index contributed by atoms with van der Waals surface area (Å²) in [7, 11) is 0. The number of hydrogen-bond donors (Lipinski definition) is 0.